The van der Waals surface area contributed by atoms with Crippen LogP contribution >= 0.6 is 0 Å². The quantitative estimate of drug-likeness (QED) is 0.616. The Labute approximate surface area is 139 Å². The number of aromatic hydroxyl groups is 2. The molecule has 0 saturated heterocycles. The molecule has 0 saturated carbocycles. The van der Waals surface area contributed by atoms with E-state index in [1.807, 2.05) is 0 Å². The molecule has 0 aromatic heterocycles. The first-order valence-corrected chi connectivity index (χ1v) is 8.38. The largest absolute Gasteiger partial charge is 0.508 e. The average Bonchev–Trinajstić information content (AvgIpc) is 2.43. The van der Waals surface area contributed by atoms with Gasteiger partial charge in [-0.2, -0.15) is 0 Å². The van der Waals surface area contributed by atoms with Gasteiger partial charge in [0.05, 0.1) is 5.92 Å². The third-order valence-corrected chi connectivity index (χ3v) is 4.72. The van der Waals surface area contributed by atoms with Gasteiger partial charge >= 0.3 is 5.97 Å². The summed E-state index contributed by atoms with van der Waals surface area (Å²) in [6.07, 6.45) is 4.66. The number of phenolic OH excluding ortho intramolecular Hbond substituents is 2. The Morgan fingerprint density at radius 3 is 2.35 bits per heavy atom. The lowest BCUT2D eigenvalue weighted by atomic mass is 9.78. The van der Waals surface area contributed by atoms with Crippen LogP contribution in [0.15, 0.2) is 18.2 Å². The highest BCUT2D eigenvalue weighted by molar-refractivity contribution is 5.69. The molecule has 0 heterocycles. The van der Waals surface area contributed by atoms with Crippen molar-refractivity contribution < 1.29 is 20.1 Å². The van der Waals surface area contributed by atoms with Crippen molar-refractivity contribution in [1.82, 2.24) is 0 Å². The van der Waals surface area contributed by atoms with Gasteiger partial charge < -0.3 is 15.3 Å². The molecule has 0 aliphatic carbocycles. The molecule has 23 heavy (non-hydrogen) atoms. The van der Waals surface area contributed by atoms with Crippen molar-refractivity contribution in [1.29, 1.82) is 0 Å². The van der Waals surface area contributed by atoms with E-state index in [0.29, 0.717) is 5.92 Å². The van der Waals surface area contributed by atoms with E-state index in [9.17, 15) is 15.0 Å². The van der Waals surface area contributed by atoms with E-state index in [1.54, 1.807) is 19.1 Å². The summed E-state index contributed by atoms with van der Waals surface area (Å²) < 4.78 is 0. The van der Waals surface area contributed by atoms with Crippen LogP contribution in [0.5, 0.6) is 11.5 Å². The average molecular weight is 322 g/mol. The lowest BCUT2D eigenvalue weighted by Crippen LogP contribution is -2.17. The predicted octanol–water partition coefficient (Wildman–Crippen LogP) is 4.68. The van der Waals surface area contributed by atoms with Crippen molar-refractivity contribution >= 4 is 5.97 Å². The molecule has 0 bridgehead atoms. The Morgan fingerprint density at radius 1 is 1.13 bits per heavy atom. The molecule has 4 heteroatoms. The minimum absolute atomic E-state index is 0.0724. The Bertz CT molecular complexity index is 522. The summed E-state index contributed by atoms with van der Waals surface area (Å²) in [6.45, 7) is 8.11. The normalized spacial score (nSPS) is 14.4. The topological polar surface area (TPSA) is 77.8 Å². The predicted molar refractivity (Wildman–Crippen MR) is 91.8 cm³/mol. The highest BCUT2D eigenvalue weighted by atomic mass is 16.4. The molecule has 1 aromatic rings. The minimum atomic E-state index is -0.721. The van der Waals surface area contributed by atoms with Gasteiger partial charge in [0.15, 0.2) is 0 Å². The molecule has 1 aromatic carbocycles. The third kappa shape index (κ3) is 6.12. The Balaban J connectivity index is 2.45. The molecule has 0 radical (unpaired) electrons. The summed E-state index contributed by atoms with van der Waals surface area (Å²) >= 11 is 0. The van der Waals surface area contributed by atoms with Crippen LogP contribution in [0.1, 0.15) is 65.4 Å². The number of carbonyl (C=O) groups is 1. The highest BCUT2D eigenvalue weighted by Gasteiger charge is 2.24. The maximum Gasteiger partial charge on any atom is 0.306 e. The van der Waals surface area contributed by atoms with E-state index in [2.05, 4.69) is 20.8 Å². The van der Waals surface area contributed by atoms with Gasteiger partial charge in [-0.1, -0.05) is 46.6 Å². The van der Waals surface area contributed by atoms with Crippen molar-refractivity contribution in [3.05, 3.63) is 23.8 Å². The van der Waals surface area contributed by atoms with Crippen LogP contribution < -0.4 is 0 Å². The van der Waals surface area contributed by atoms with Gasteiger partial charge in [-0.05, 0) is 42.2 Å². The van der Waals surface area contributed by atoms with Gasteiger partial charge in [0, 0.05) is 6.07 Å². The van der Waals surface area contributed by atoms with E-state index in [-0.39, 0.29) is 22.8 Å². The number of carboxylic acid groups (broad SMARTS) is 1. The summed E-state index contributed by atoms with van der Waals surface area (Å²) in [5.41, 5.74) is 0.689. The Kier molecular flexibility index (Phi) is 6.92. The van der Waals surface area contributed by atoms with Crippen LogP contribution in [0, 0.1) is 11.8 Å². The Hall–Kier alpha value is -1.71. The molecule has 0 aliphatic rings. The number of phenols is 2. The summed E-state index contributed by atoms with van der Waals surface area (Å²) in [5.74, 6) is -0.286. The lowest BCUT2D eigenvalue weighted by Gasteiger charge is -2.27. The molecule has 3 N–H and O–H groups in total. The van der Waals surface area contributed by atoms with Gasteiger partial charge in [-0.3, -0.25) is 4.79 Å². The second-order valence-corrected chi connectivity index (χ2v) is 7.40. The van der Waals surface area contributed by atoms with Gasteiger partial charge in [0.2, 0.25) is 0 Å². The fraction of sp³-hybridized carbons (Fsp3) is 0.632. The molecular weight excluding hydrogens is 292 g/mol. The molecule has 4 nitrogen and oxygen atoms in total. The maximum atomic E-state index is 10.8. The minimum Gasteiger partial charge on any atom is -0.508 e. The number of benzene rings is 1. The standard InChI is InChI=1S/C19H30O4/c1-13(7-8-14(2)18(22)23)6-5-11-19(3,4)16-10-9-15(20)12-17(16)21/h9-10,12-14,20-21H,5-8,11H2,1-4H3,(H,22,23). The van der Waals surface area contributed by atoms with Crippen LogP contribution in [-0.2, 0) is 10.2 Å². The number of hydrogen-bond acceptors (Lipinski definition) is 3. The fourth-order valence-corrected chi connectivity index (χ4v) is 2.92. The number of rotatable bonds is 9. The van der Waals surface area contributed by atoms with Crippen LogP contribution in [-0.4, -0.2) is 21.3 Å². The Morgan fingerprint density at radius 2 is 1.78 bits per heavy atom. The van der Waals surface area contributed by atoms with Gasteiger partial charge in [-0.25, -0.2) is 0 Å². The van der Waals surface area contributed by atoms with E-state index < -0.39 is 5.97 Å². The number of carboxylic acids is 1. The molecule has 2 unspecified atom stereocenters. The maximum absolute atomic E-state index is 10.8. The molecule has 0 aliphatic heterocycles. The van der Waals surface area contributed by atoms with Crippen LogP contribution in [0.2, 0.25) is 0 Å². The highest BCUT2D eigenvalue weighted by Crippen LogP contribution is 2.37. The van der Waals surface area contributed by atoms with Crippen molar-refractivity contribution in [3.63, 3.8) is 0 Å². The van der Waals surface area contributed by atoms with Crippen LogP contribution in [0.3, 0.4) is 0 Å². The third-order valence-electron chi connectivity index (χ3n) is 4.72. The van der Waals surface area contributed by atoms with Crippen molar-refractivity contribution in [2.45, 2.75) is 65.2 Å². The monoisotopic (exact) mass is 322 g/mol. The van der Waals surface area contributed by atoms with E-state index >= 15 is 0 Å². The van der Waals surface area contributed by atoms with E-state index in [4.69, 9.17) is 5.11 Å². The molecule has 1 rings (SSSR count). The smallest absolute Gasteiger partial charge is 0.306 e. The molecule has 130 valence electrons. The van der Waals surface area contributed by atoms with Crippen LogP contribution in [0.25, 0.3) is 0 Å². The number of hydrogen-bond donors (Lipinski definition) is 3. The zero-order valence-electron chi connectivity index (χ0n) is 14.7. The summed E-state index contributed by atoms with van der Waals surface area (Å²) in [5, 5.41) is 28.3. The zero-order valence-corrected chi connectivity index (χ0v) is 14.7. The second-order valence-electron chi connectivity index (χ2n) is 7.40. The van der Waals surface area contributed by atoms with Gasteiger partial charge in [-0.15, -0.1) is 0 Å². The molecule has 0 spiro atoms. The van der Waals surface area contributed by atoms with E-state index in [1.165, 1.54) is 6.07 Å². The van der Waals surface area contributed by atoms with Crippen LogP contribution in [0.4, 0.5) is 0 Å². The molecular formula is C19H30O4. The first-order valence-electron chi connectivity index (χ1n) is 8.38. The van der Waals surface area contributed by atoms with Gasteiger partial charge in [0.1, 0.15) is 11.5 Å². The first kappa shape index (κ1) is 19.3. The summed E-state index contributed by atoms with van der Waals surface area (Å²) in [7, 11) is 0. The fourth-order valence-electron chi connectivity index (χ4n) is 2.92. The molecule has 2 atom stereocenters. The van der Waals surface area contributed by atoms with Crippen molar-refractivity contribution in [3.8, 4) is 11.5 Å². The summed E-state index contributed by atoms with van der Waals surface area (Å²) in [4.78, 5) is 10.8. The molecule has 0 fully saturated rings. The first-order chi connectivity index (χ1) is 10.6. The second kappa shape index (κ2) is 8.23. The van der Waals surface area contributed by atoms with Crippen molar-refractivity contribution in [2.24, 2.45) is 11.8 Å². The SMILES string of the molecule is CC(CCCC(C)(C)c1ccc(O)cc1O)CCC(C)C(=O)O. The molecule has 0 amide bonds. The van der Waals surface area contributed by atoms with Crippen molar-refractivity contribution in [2.75, 3.05) is 0 Å². The zero-order chi connectivity index (χ0) is 17.6. The lowest BCUT2D eigenvalue weighted by molar-refractivity contribution is -0.141. The van der Waals surface area contributed by atoms with Gasteiger partial charge in [0.25, 0.3) is 0 Å². The van der Waals surface area contributed by atoms with E-state index in [0.717, 1.165) is 37.7 Å². The summed E-state index contributed by atoms with van der Waals surface area (Å²) in [6, 6.07) is 4.77. The number of aliphatic carboxylic acids is 1.